The highest BCUT2D eigenvalue weighted by atomic mass is 31.1. The number of hydrogen-bond acceptors (Lipinski definition) is 3. The summed E-state index contributed by atoms with van der Waals surface area (Å²) in [5, 5.41) is 3.42. The van der Waals surface area contributed by atoms with E-state index < -0.39 is 7.92 Å². The van der Waals surface area contributed by atoms with Gasteiger partial charge in [0, 0.05) is 15.9 Å². The van der Waals surface area contributed by atoms with Gasteiger partial charge in [-0.3, -0.25) is 0 Å². The average Bonchev–Trinajstić information content (AvgIpc) is 2.68. The number of ether oxygens (including phenoxy) is 3. The molecule has 34 heavy (non-hydrogen) atoms. The highest BCUT2D eigenvalue weighted by molar-refractivity contribution is 7.80. The molecule has 3 rings (SSSR count). The summed E-state index contributed by atoms with van der Waals surface area (Å²) in [5.41, 5.74) is -0.958. The van der Waals surface area contributed by atoms with Crippen molar-refractivity contribution in [2.24, 2.45) is 0 Å². The molecular weight excluding hydrogens is 439 g/mol. The van der Waals surface area contributed by atoms with E-state index in [2.05, 4.69) is 117 Å². The van der Waals surface area contributed by atoms with Gasteiger partial charge in [0.05, 0.1) is 0 Å². The van der Waals surface area contributed by atoms with E-state index in [-0.39, 0.29) is 16.8 Å². The molecule has 182 valence electrons. The van der Waals surface area contributed by atoms with Gasteiger partial charge in [-0.25, -0.2) is 0 Å². The van der Waals surface area contributed by atoms with Crippen molar-refractivity contribution >= 4 is 23.8 Å². The standard InChI is InChI=1S/C30H39O3P/c1-28(2,3)31-22-16-10-13-19-25(22)34(26-20-14-11-17-23(26)32-29(4,5)6)27-21-15-12-18-24(27)33-30(7,8)9/h10-21H,1-9H3. The monoisotopic (exact) mass is 478 g/mol. The Balaban J connectivity index is 2.30. The van der Waals surface area contributed by atoms with Crippen LogP contribution in [-0.2, 0) is 0 Å². The zero-order chi connectivity index (χ0) is 25.1. The summed E-state index contributed by atoms with van der Waals surface area (Å²) in [6, 6.07) is 25.1. The van der Waals surface area contributed by atoms with E-state index in [1.54, 1.807) is 0 Å². The lowest BCUT2D eigenvalue weighted by Gasteiger charge is -2.31. The molecule has 0 N–H and O–H groups in total. The molecule has 3 aromatic carbocycles. The van der Waals surface area contributed by atoms with Crippen molar-refractivity contribution in [1.82, 2.24) is 0 Å². The maximum Gasteiger partial charge on any atom is 0.128 e. The van der Waals surface area contributed by atoms with Crippen molar-refractivity contribution in [2.75, 3.05) is 0 Å². The molecule has 0 aliphatic heterocycles. The Kier molecular flexibility index (Phi) is 7.68. The molecule has 0 spiro atoms. The van der Waals surface area contributed by atoms with Crippen LogP contribution in [0.15, 0.2) is 72.8 Å². The molecule has 0 atom stereocenters. The van der Waals surface area contributed by atoms with Crippen LogP contribution in [0.2, 0.25) is 0 Å². The van der Waals surface area contributed by atoms with Gasteiger partial charge in [-0.15, -0.1) is 0 Å². The molecule has 0 radical (unpaired) electrons. The molecule has 0 aromatic heterocycles. The second-order valence-electron chi connectivity index (χ2n) is 11.4. The molecule has 0 heterocycles. The van der Waals surface area contributed by atoms with Crippen LogP contribution in [0.4, 0.5) is 0 Å². The molecule has 0 saturated heterocycles. The second-order valence-corrected chi connectivity index (χ2v) is 13.5. The highest BCUT2D eigenvalue weighted by Gasteiger charge is 2.29. The Labute approximate surface area is 207 Å². The van der Waals surface area contributed by atoms with E-state index >= 15 is 0 Å². The molecule has 0 aliphatic rings. The van der Waals surface area contributed by atoms with Gasteiger partial charge in [0.2, 0.25) is 0 Å². The molecule has 0 fully saturated rings. The molecule has 4 heteroatoms. The third kappa shape index (κ3) is 7.24. The smallest absolute Gasteiger partial charge is 0.128 e. The van der Waals surface area contributed by atoms with Crippen molar-refractivity contribution in [3.63, 3.8) is 0 Å². The van der Waals surface area contributed by atoms with Crippen LogP contribution < -0.4 is 30.1 Å². The quantitative estimate of drug-likeness (QED) is 0.358. The van der Waals surface area contributed by atoms with E-state index in [9.17, 15) is 0 Å². The van der Waals surface area contributed by atoms with Gasteiger partial charge in [0.1, 0.15) is 34.1 Å². The summed E-state index contributed by atoms with van der Waals surface area (Å²) >= 11 is 0. The summed E-state index contributed by atoms with van der Waals surface area (Å²) < 4.78 is 19.4. The first-order valence-electron chi connectivity index (χ1n) is 11.9. The van der Waals surface area contributed by atoms with Gasteiger partial charge >= 0.3 is 0 Å². The normalized spacial score (nSPS) is 12.5. The molecule has 0 saturated carbocycles. The van der Waals surface area contributed by atoms with Crippen LogP contribution in [0.5, 0.6) is 17.2 Å². The van der Waals surface area contributed by atoms with E-state index in [4.69, 9.17) is 14.2 Å². The zero-order valence-electron chi connectivity index (χ0n) is 22.1. The minimum Gasteiger partial charge on any atom is -0.487 e. The van der Waals surface area contributed by atoms with Gasteiger partial charge < -0.3 is 14.2 Å². The molecule has 3 nitrogen and oxygen atoms in total. The molecular formula is C30H39O3P. The van der Waals surface area contributed by atoms with Crippen LogP contribution in [-0.4, -0.2) is 16.8 Å². The van der Waals surface area contributed by atoms with Crippen LogP contribution in [0.25, 0.3) is 0 Å². The van der Waals surface area contributed by atoms with E-state index in [1.807, 2.05) is 18.2 Å². The number of para-hydroxylation sites is 3. The molecule has 0 amide bonds. The van der Waals surface area contributed by atoms with Gasteiger partial charge in [-0.1, -0.05) is 54.6 Å². The second kappa shape index (κ2) is 10.0. The molecule has 0 aliphatic carbocycles. The Morgan fingerprint density at radius 1 is 0.412 bits per heavy atom. The van der Waals surface area contributed by atoms with Crippen LogP contribution in [0.3, 0.4) is 0 Å². The highest BCUT2D eigenvalue weighted by Crippen LogP contribution is 2.43. The fourth-order valence-electron chi connectivity index (χ4n) is 3.56. The van der Waals surface area contributed by atoms with Crippen molar-refractivity contribution in [3.05, 3.63) is 72.8 Å². The van der Waals surface area contributed by atoms with Gasteiger partial charge in [0.15, 0.2) is 0 Å². The predicted octanol–water partition coefficient (Wildman–Crippen LogP) is 6.98. The lowest BCUT2D eigenvalue weighted by molar-refractivity contribution is 0.132. The minimum atomic E-state index is -1.04. The number of rotatable bonds is 6. The van der Waals surface area contributed by atoms with Gasteiger partial charge in [-0.2, -0.15) is 0 Å². The molecule has 0 unspecified atom stereocenters. The Hall–Kier alpha value is -2.51. The SMILES string of the molecule is CC(C)(C)Oc1ccccc1P(c1ccccc1OC(C)(C)C)c1ccccc1OC(C)(C)C. The predicted molar refractivity (Wildman–Crippen MR) is 146 cm³/mol. The molecule has 0 bridgehead atoms. The summed E-state index contributed by atoms with van der Waals surface area (Å²) in [5.74, 6) is 2.66. The fraction of sp³-hybridized carbons (Fsp3) is 0.400. The summed E-state index contributed by atoms with van der Waals surface area (Å²) in [6.45, 7) is 18.7. The third-order valence-corrected chi connectivity index (χ3v) is 7.12. The van der Waals surface area contributed by atoms with Crippen molar-refractivity contribution < 1.29 is 14.2 Å². The Morgan fingerprint density at radius 3 is 0.882 bits per heavy atom. The fourth-order valence-corrected chi connectivity index (χ4v) is 6.07. The van der Waals surface area contributed by atoms with Crippen molar-refractivity contribution in [3.8, 4) is 17.2 Å². The largest absolute Gasteiger partial charge is 0.487 e. The lowest BCUT2D eigenvalue weighted by Crippen LogP contribution is -2.32. The van der Waals surface area contributed by atoms with Gasteiger partial charge in [-0.05, 0) is 88.4 Å². The summed E-state index contributed by atoms with van der Waals surface area (Å²) in [6.07, 6.45) is 0. The zero-order valence-corrected chi connectivity index (χ0v) is 23.0. The van der Waals surface area contributed by atoms with E-state index in [0.717, 1.165) is 33.2 Å². The average molecular weight is 479 g/mol. The summed E-state index contributed by atoms with van der Waals surface area (Å²) in [4.78, 5) is 0. The first kappa shape index (κ1) is 26.1. The molecule has 3 aromatic rings. The first-order chi connectivity index (χ1) is 15.7. The van der Waals surface area contributed by atoms with Crippen LogP contribution >= 0.6 is 7.92 Å². The van der Waals surface area contributed by atoms with Crippen molar-refractivity contribution in [2.45, 2.75) is 79.1 Å². The maximum absolute atomic E-state index is 6.47. The minimum absolute atomic E-state index is 0.319. The summed E-state index contributed by atoms with van der Waals surface area (Å²) in [7, 11) is -1.04. The maximum atomic E-state index is 6.47. The van der Waals surface area contributed by atoms with Crippen LogP contribution in [0, 0.1) is 0 Å². The van der Waals surface area contributed by atoms with E-state index in [0.29, 0.717) is 0 Å². The number of benzene rings is 3. The topological polar surface area (TPSA) is 27.7 Å². The Morgan fingerprint density at radius 2 is 0.647 bits per heavy atom. The van der Waals surface area contributed by atoms with E-state index in [1.165, 1.54) is 0 Å². The third-order valence-electron chi connectivity index (χ3n) is 4.57. The number of hydrogen-bond donors (Lipinski definition) is 0. The first-order valence-corrected chi connectivity index (χ1v) is 13.2. The van der Waals surface area contributed by atoms with Crippen LogP contribution in [0.1, 0.15) is 62.3 Å². The van der Waals surface area contributed by atoms with Crippen molar-refractivity contribution in [1.29, 1.82) is 0 Å². The Bertz CT molecular complexity index is 959. The lowest BCUT2D eigenvalue weighted by atomic mass is 10.2. The van der Waals surface area contributed by atoms with Gasteiger partial charge in [0.25, 0.3) is 0 Å².